The smallest absolute Gasteiger partial charge is 0.0500 e. The lowest BCUT2D eigenvalue weighted by Crippen LogP contribution is -2.30. The van der Waals surface area contributed by atoms with E-state index in [0.29, 0.717) is 0 Å². The molecule has 0 unspecified atom stereocenters. The van der Waals surface area contributed by atoms with E-state index in [1.54, 1.807) is 0 Å². The Kier molecular flexibility index (Phi) is 6.57. The Balaban J connectivity index is 0.000000461. The molecule has 1 rings (SSSR count). The minimum absolute atomic E-state index is 1.14. The first kappa shape index (κ1) is 10.9. The van der Waals surface area contributed by atoms with Crippen LogP contribution in [0.1, 0.15) is 26.7 Å². The van der Waals surface area contributed by atoms with Crippen LogP contribution in [-0.4, -0.2) is 43.7 Å². The van der Waals surface area contributed by atoms with E-state index < -0.39 is 0 Å². The van der Waals surface area contributed by atoms with Crippen LogP contribution in [0.5, 0.6) is 0 Å². The molecule has 1 aliphatic heterocycles. The Morgan fingerprint density at radius 3 is 1.55 bits per heavy atom. The summed E-state index contributed by atoms with van der Waals surface area (Å²) in [7, 11) is 4.36. The number of rotatable bonds is 0. The monoisotopic (exact) mass is 158 g/mol. The van der Waals surface area contributed by atoms with E-state index in [0.717, 1.165) is 6.67 Å². The molecule has 11 heavy (non-hydrogen) atoms. The predicted octanol–water partition coefficient (Wildman–Crippen LogP) is 1.63. The summed E-state index contributed by atoms with van der Waals surface area (Å²) in [5.74, 6) is 0. The van der Waals surface area contributed by atoms with E-state index in [4.69, 9.17) is 0 Å². The van der Waals surface area contributed by atoms with Crippen LogP contribution in [0, 0.1) is 0 Å². The van der Waals surface area contributed by atoms with E-state index in [9.17, 15) is 0 Å². The van der Waals surface area contributed by atoms with Crippen LogP contribution < -0.4 is 0 Å². The van der Waals surface area contributed by atoms with Crippen LogP contribution in [0.3, 0.4) is 0 Å². The van der Waals surface area contributed by atoms with Gasteiger partial charge in [-0.2, -0.15) is 0 Å². The molecule has 0 aromatic carbocycles. The second-order valence-corrected chi connectivity index (χ2v) is 3.01. The lowest BCUT2D eigenvalue weighted by Gasteiger charge is -2.18. The van der Waals surface area contributed by atoms with Gasteiger partial charge in [0.25, 0.3) is 0 Å². The van der Waals surface area contributed by atoms with Crippen molar-refractivity contribution in [3.63, 3.8) is 0 Å². The highest BCUT2D eigenvalue weighted by atomic mass is 15.3. The normalized spacial score (nSPS) is 21.8. The first-order chi connectivity index (χ1) is 5.29. The van der Waals surface area contributed by atoms with Gasteiger partial charge in [-0.1, -0.05) is 13.8 Å². The maximum absolute atomic E-state index is 2.37. The van der Waals surface area contributed by atoms with Crippen molar-refractivity contribution in [3.05, 3.63) is 0 Å². The van der Waals surface area contributed by atoms with Crippen molar-refractivity contribution >= 4 is 0 Å². The summed E-state index contributed by atoms with van der Waals surface area (Å²) in [6.07, 6.45) is 2.72. The van der Waals surface area contributed by atoms with Gasteiger partial charge in [-0.05, 0) is 40.0 Å². The Hall–Kier alpha value is -0.0800. The Bertz CT molecular complexity index is 73.6. The average molecular weight is 158 g/mol. The molecule has 0 N–H and O–H groups in total. The zero-order chi connectivity index (χ0) is 8.69. The van der Waals surface area contributed by atoms with Crippen molar-refractivity contribution in [2.75, 3.05) is 33.9 Å². The summed E-state index contributed by atoms with van der Waals surface area (Å²) in [5.41, 5.74) is 0. The van der Waals surface area contributed by atoms with Gasteiger partial charge in [0.2, 0.25) is 0 Å². The third-order valence-electron chi connectivity index (χ3n) is 1.81. The Morgan fingerprint density at radius 1 is 0.818 bits per heavy atom. The molecule has 2 heteroatoms. The standard InChI is InChI=1S/C7H16N2.C2H6/c1-8-5-3-4-6-9(2)7-8;1-2/h3-7H2,1-2H3;1-2H3. The van der Waals surface area contributed by atoms with Gasteiger partial charge in [0.05, 0.1) is 6.67 Å². The third kappa shape index (κ3) is 5.22. The molecule has 0 aromatic heterocycles. The summed E-state index contributed by atoms with van der Waals surface area (Å²) in [4.78, 5) is 4.74. The van der Waals surface area contributed by atoms with Gasteiger partial charge >= 0.3 is 0 Å². The van der Waals surface area contributed by atoms with Crippen molar-refractivity contribution in [2.45, 2.75) is 26.7 Å². The predicted molar refractivity (Wildman–Crippen MR) is 50.7 cm³/mol. The molecule has 1 heterocycles. The first-order valence-electron chi connectivity index (χ1n) is 4.66. The second-order valence-electron chi connectivity index (χ2n) is 3.01. The second kappa shape index (κ2) is 6.62. The van der Waals surface area contributed by atoms with Crippen LogP contribution in [0.25, 0.3) is 0 Å². The van der Waals surface area contributed by atoms with Crippen molar-refractivity contribution in [1.82, 2.24) is 9.80 Å². The van der Waals surface area contributed by atoms with Crippen molar-refractivity contribution in [2.24, 2.45) is 0 Å². The van der Waals surface area contributed by atoms with E-state index in [-0.39, 0.29) is 0 Å². The van der Waals surface area contributed by atoms with Gasteiger partial charge in [0.15, 0.2) is 0 Å². The zero-order valence-electron chi connectivity index (χ0n) is 8.43. The molecule has 0 saturated carbocycles. The van der Waals surface area contributed by atoms with Crippen molar-refractivity contribution in [1.29, 1.82) is 0 Å². The van der Waals surface area contributed by atoms with Crippen LogP contribution in [0.4, 0.5) is 0 Å². The largest absolute Gasteiger partial charge is 0.294 e. The molecule has 0 radical (unpaired) electrons. The highest BCUT2D eigenvalue weighted by molar-refractivity contribution is 4.59. The molecule has 0 amide bonds. The number of hydrogen-bond donors (Lipinski definition) is 0. The highest BCUT2D eigenvalue weighted by Crippen LogP contribution is 2.01. The fourth-order valence-electron chi connectivity index (χ4n) is 1.32. The van der Waals surface area contributed by atoms with E-state index >= 15 is 0 Å². The third-order valence-corrected chi connectivity index (χ3v) is 1.81. The molecule has 0 aromatic rings. The Labute approximate surface area is 71.2 Å². The minimum atomic E-state index is 1.14. The van der Waals surface area contributed by atoms with Gasteiger partial charge in [-0.25, -0.2) is 0 Å². The van der Waals surface area contributed by atoms with Crippen LogP contribution in [-0.2, 0) is 0 Å². The zero-order valence-corrected chi connectivity index (χ0v) is 8.43. The molecule has 68 valence electrons. The van der Waals surface area contributed by atoms with Gasteiger partial charge in [-0.15, -0.1) is 0 Å². The summed E-state index contributed by atoms with van der Waals surface area (Å²) in [6.45, 7) is 7.68. The Morgan fingerprint density at radius 2 is 1.18 bits per heavy atom. The molecule has 2 nitrogen and oxygen atoms in total. The number of nitrogens with zero attached hydrogens (tertiary/aromatic N) is 2. The fraction of sp³-hybridized carbons (Fsp3) is 1.00. The molecule has 1 aliphatic rings. The van der Waals surface area contributed by atoms with E-state index in [1.807, 2.05) is 13.8 Å². The molecule has 0 spiro atoms. The fourth-order valence-corrected chi connectivity index (χ4v) is 1.32. The van der Waals surface area contributed by atoms with Gasteiger partial charge in [0, 0.05) is 0 Å². The first-order valence-corrected chi connectivity index (χ1v) is 4.66. The van der Waals surface area contributed by atoms with E-state index in [1.165, 1.54) is 25.9 Å². The molecule has 0 bridgehead atoms. The van der Waals surface area contributed by atoms with Gasteiger partial charge in [0.1, 0.15) is 0 Å². The molecule has 0 aliphatic carbocycles. The lowest BCUT2D eigenvalue weighted by molar-refractivity contribution is 0.213. The summed E-state index contributed by atoms with van der Waals surface area (Å²) >= 11 is 0. The lowest BCUT2D eigenvalue weighted by atomic mass is 10.3. The van der Waals surface area contributed by atoms with Crippen molar-refractivity contribution < 1.29 is 0 Å². The maximum Gasteiger partial charge on any atom is 0.0500 e. The molecule has 0 atom stereocenters. The SMILES string of the molecule is CC.CN1CCCCN(C)C1. The quantitative estimate of drug-likeness (QED) is 0.528. The summed E-state index contributed by atoms with van der Waals surface area (Å²) < 4.78 is 0. The average Bonchev–Trinajstić information content (AvgIpc) is 2.18. The molecular weight excluding hydrogens is 136 g/mol. The van der Waals surface area contributed by atoms with Gasteiger partial charge in [-0.3, -0.25) is 9.80 Å². The topological polar surface area (TPSA) is 6.48 Å². The molecular formula is C9H22N2. The van der Waals surface area contributed by atoms with Crippen molar-refractivity contribution in [3.8, 4) is 0 Å². The maximum atomic E-state index is 2.37. The highest BCUT2D eigenvalue weighted by Gasteiger charge is 2.06. The van der Waals surface area contributed by atoms with Crippen LogP contribution in [0.15, 0.2) is 0 Å². The van der Waals surface area contributed by atoms with E-state index in [2.05, 4.69) is 23.9 Å². The molecule has 1 saturated heterocycles. The minimum Gasteiger partial charge on any atom is -0.294 e. The summed E-state index contributed by atoms with van der Waals surface area (Å²) in [5, 5.41) is 0. The van der Waals surface area contributed by atoms with Crippen LogP contribution in [0.2, 0.25) is 0 Å². The van der Waals surface area contributed by atoms with Gasteiger partial charge < -0.3 is 0 Å². The summed E-state index contributed by atoms with van der Waals surface area (Å²) in [6, 6.07) is 0. The van der Waals surface area contributed by atoms with Crippen LogP contribution >= 0.6 is 0 Å². The molecule has 1 fully saturated rings. The number of hydrogen-bond acceptors (Lipinski definition) is 2.